The molecule has 4 rings (SSSR count). The molecule has 0 atom stereocenters. The number of benzene rings is 1. The van der Waals surface area contributed by atoms with Crippen molar-refractivity contribution in [3.05, 3.63) is 66.6 Å². The van der Waals surface area contributed by atoms with E-state index in [1.54, 1.807) is 23.5 Å². The van der Waals surface area contributed by atoms with E-state index in [1.807, 2.05) is 48.0 Å². The molecule has 3 aromatic heterocycles. The number of hydrogen-bond acceptors (Lipinski definition) is 4. The van der Waals surface area contributed by atoms with Crippen molar-refractivity contribution in [3.8, 4) is 17.2 Å². The second-order valence-corrected chi connectivity index (χ2v) is 5.22. The van der Waals surface area contributed by atoms with E-state index in [9.17, 15) is 0 Å². The van der Waals surface area contributed by atoms with E-state index in [0.717, 1.165) is 28.6 Å². The highest BCUT2D eigenvalue weighted by molar-refractivity contribution is 5.52. The van der Waals surface area contributed by atoms with Gasteiger partial charge in [-0.3, -0.25) is 0 Å². The molecular weight excluding hydrogens is 290 g/mol. The Kier molecular flexibility index (Phi) is 3.23. The molecule has 7 nitrogen and oxygen atoms in total. The summed E-state index contributed by atoms with van der Waals surface area (Å²) in [5, 5.41) is 8.86. The van der Waals surface area contributed by atoms with Crippen molar-refractivity contribution in [2.24, 2.45) is 0 Å². The summed E-state index contributed by atoms with van der Waals surface area (Å²) in [6.07, 6.45) is 7.14. The van der Waals surface area contributed by atoms with Crippen molar-refractivity contribution < 1.29 is 0 Å². The van der Waals surface area contributed by atoms with Gasteiger partial charge in [-0.2, -0.15) is 15.0 Å². The lowest BCUT2D eigenvalue weighted by Crippen LogP contribution is -2.04. The van der Waals surface area contributed by atoms with Crippen LogP contribution in [0.2, 0.25) is 0 Å². The van der Waals surface area contributed by atoms with Gasteiger partial charge in [0.25, 0.3) is 0 Å². The Balaban J connectivity index is 1.62. The molecule has 0 saturated heterocycles. The largest absolute Gasteiger partial charge is 0.348 e. The predicted molar refractivity (Wildman–Crippen MR) is 85.0 cm³/mol. The number of para-hydroxylation sites is 1. The predicted octanol–water partition coefficient (Wildman–Crippen LogP) is 2.21. The molecule has 0 aliphatic heterocycles. The lowest BCUT2D eigenvalue weighted by Gasteiger charge is -2.04. The Labute approximate surface area is 132 Å². The SMILES string of the molecule is Cc1[nH]cnc1-c1nccn1Cc1cnn(-c2ccccc2)n1. The minimum atomic E-state index is 0.592. The maximum atomic E-state index is 4.53. The molecule has 4 aromatic rings. The summed E-state index contributed by atoms with van der Waals surface area (Å²) >= 11 is 0. The zero-order chi connectivity index (χ0) is 15.6. The van der Waals surface area contributed by atoms with E-state index in [4.69, 9.17) is 0 Å². The Hall–Kier alpha value is -3.22. The number of rotatable bonds is 4. The Morgan fingerprint density at radius 2 is 2.00 bits per heavy atom. The third kappa shape index (κ3) is 2.52. The van der Waals surface area contributed by atoms with Crippen molar-refractivity contribution in [2.45, 2.75) is 13.5 Å². The summed E-state index contributed by atoms with van der Waals surface area (Å²) in [4.78, 5) is 13.4. The van der Waals surface area contributed by atoms with E-state index in [1.165, 1.54) is 0 Å². The molecule has 0 saturated carbocycles. The summed E-state index contributed by atoms with van der Waals surface area (Å²) in [7, 11) is 0. The summed E-state index contributed by atoms with van der Waals surface area (Å²) in [6, 6.07) is 9.84. The first-order valence-electron chi connectivity index (χ1n) is 7.29. The van der Waals surface area contributed by atoms with Crippen molar-refractivity contribution in [2.75, 3.05) is 0 Å². The van der Waals surface area contributed by atoms with Crippen molar-refractivity contribution in [1.29, 1.82) is 0 Å². The third-order valence-corrected chi connectivity index (χ3v) is 3.62. The van der Waals surface area contributed by atoms with E-state index in [0.29, 0.717) is 6.54 Å². The average Bonchev–Trinajstić information content (AvgIpc) is 3.30. The summed E-state index contributed by atoms with van der Waals surface area (Å²) in [5.41, 5.74) is 3.64. The van der Waals surface area contributed by atoms with Crippen LogP contribution in [0.3, 0.4) is 0 Å². The molecule has 114 valence electrons. The third-order valence-electron chi connectivity index (χ3n) is 3.62. The van der Waals surface area contributed by atoms with Gasteiger partial charge in [-0.15, -0.1) is 0 Å². The first kappa shape index (κ1) is 13.4. The maximum Gasteiger partial charge on any atom is 0.160 e. The van der Waals surface area contributed by atoms with Crippen LogP contribution in [0.4, 0.5) is 0 Å². The quantitative estimate of drug-likeness (QED) is 0.627. The molecule has 1 aromatic carbocycles. The van der Waals surface area contributed by atoms with Gasteiger partial charge in [-0.25, -0.2) is 9.97 Å². The number of aromatic nitrogens is 7. The minimum absolute atomic E-state index is 0.592. The molecule has 0 amide bonds. The molecule has 0 radical (unpaired) electrons. The number of hydrogen-bond donors (Lipinski definition) is 1. The molecule has 0 bridgehead atoms. The van der Waals surface area contributed by atoms with Gasteiger partial charge in [-0.1, -0.05) is 18.2 Å². The summed E-state index contributed by atoms with van der Waals surface area (Å²) < 4.78 is 2.02. The van der Waals surface area contributed by atoms with Gasteiger partial charge in [0.05, 0.1) is 24.8 Å². The molecule has 0 fully saturated rings. The first-order valence-corrected chi connectivity index (χ1v) is 7.29. The van der Waals surface area contributed by atoms with Crippen molar-refractivity contribution in [1.82, 2.24) is 34.5 Å². The zero-order valence-electron chi connectivity index (χ0n) is 12.6. The van der Waals surface area contributed by atoms with Gasteiger partial charge in [0.2, 0.25) is 0 Å². The van der Waals surface area contributed by atoms with E-state index >= 15 is 0 Å². The van der Waals surface area contributed by atoms with Crippen LogP contribution in [0.1, 0.15) is 11.4 Å². The average molecular weight is 305 g/mol. The second-order valence-electron chi connectivity index (χ2n) is 5.22. The fraction of sp³-hybridized carbons (Fsp3) is 0.125. The van der Waals surface area contributed by atoms with E-state index in [2.05, 4.69) is 25.1 Å². The van der Waals surface area contributed by atoms with Crippen LogP contribution >= 0.6 is 0 Å². The van der Waals surface area contributed by atoms with Crippen molar-refractivity contribution in [3.63, 3.8) is 0 Å². The molecule has 0 unspecified atom stereocenters. The number of aryl methyl sites for hydroxylation is 1. The minimum Gasteiger partial charge on any atom is -0.348 e. The maximum absolute atomic E-state index is 4.53. The van der Waals surface area contributed by atoms with Crippen LogP contribution in [-0.2, 0) is 6.54 Å². The highest BCUT2D eigenvalue weighted by atomic mass is 15.5. The lowest BCUT2D eigenvalue weighted by molar-refractivity contribution is 0.713. The number of nitrogens with one attached hydrogen (secondary N) is 1. The van der Waals surface area contributed by atoms with Crippen LogP contribution in [0.5, 0.6) is 0 Å². The first-order chi connectivity index (χ1) is 11.3. The van der Waals surface area contributed by atoms with Gasteiger partial charge in [0.15, 0.2) is 5.82 Å². The fourth-order valence-corrected chi connectivity index (χ4v) is 2.47. The Morgan fingerprint density at radius 1 is 1.13 bits per heavy atom. The summed E-state index contributed by atoms with van der Waals surface area (Å²) in [6.45, 7) is 2.57. The molecule has 0 aliphatic carbocycles. The van der Waals surface area contributed by atoms with Crippen LogP contribution in [0.25, 0.3) is 17.2 Å². The second kappa shape index (κ2) is 5.53. The van der Waals surface area contributed by atoms with Gasteiger partial charge < -0.3 is 9.55 Å². The summed E-state index contributed by atoms with van der Waals surface area (Å²) in [5.74, 6) is 0.818. The number of nitrogens with zero attached hydrogens (tertiary/aromatic N) is 6. The standard InChI is InChI=1S/C16H15N7/c1-12-15(19-11-18-12)16-17-7-8-22(16)10-13-9-20-23(21-13)14-5-3-2-4-6-14/h2-9,11H,10H2,1H3,(H,18,19). The van der Waals surface area contributed by atoms with Gasteiger partial charge >= 0.3 is 0 Å². The monoisotopic (exact) mass is 305 g/mol. The molecule has 1 N–H and O–H groups in total. The topological polar surface area (TPSA) is 77.2 Å². The fourth-order valence-electron chi connectivity index (χ4n) is 2.47. The van der Waals surface area contributed by atoms with Crippen LogP contribution in [0.15, 0.2) is 55.2 Å². The Morgan fingerprint density at radius 3 is 2.78 bits per heavy atom. The van der Waals surface area contributed by atoms with Crippen molar-refractivity contribution >= 4 is 0 Å². The van der Waals surface area contributed by atoms with Gasteiger partial charge in [-0.05, 0) is 19.1 Å². The zero-order valence-corrected chi connectivity index (χ0v) is 12.6. The van der Waals surface area contributed by atoms with Crippen LogP contribution in [-0.4, -0.2) is 34.5 Å². The van der Waals surface area contributed by atoms with Crippen LogP contribution < -0.4 is 0 Å². The molecule has 3 heterocycles. The van der Waals surface area contributed by atoms with Crippen LogP contribution in [0, 0.1) is 6.92 Å². The molecular formula is C16H15N7. The smallest absolute Gasteiger partial charge is 0.160 e. The highest BCUT2D eigenvalue weighted by Crippen LogP contribution is 2.18. The number of imidazole rings is 2. The number of H-pyrrole nitrogens is 1. The normalized spacial score (nSPS) is 11.0. The number of aromatic amines is 1. The molecule has 23 heavy (non-hydrogen) atoms. The van der Waals surface area contributed by atoms with Gasteiger partial charge in [0.1, 0.15) is 11.4 Å². The molecule has 7 heteroatoms. The van der Waals surface area contributed by atoms with E-state index < -0.39 is 0 Å². The van der Waals surface area contributed by atoms with Gasteiger partial charge in [0, 0.05) is 18.1 Å². The van der Waals surface area contributed by atoms with E-state index in [-0.39, 0.29) is 0 Å². The molecule has 0 spiro atoms. The molecule has 0 aliphatic rings. The lowest BCUT2D eigenvalue weighted by atomic mass is 10.3. The Bertz CT molecular complexity index is 917. The highest BCUT2D eigenvalue weighted by Gasteiger charge is 2.12.